The molecule has 6 nitrogen and oxygen atoms in total. The lowest BCUT2D eigenvalue weighted by Gasteiger charge is -2.11. The van der Waals surface area contributed by atoms with Gasteiger partial charge in [0.1, 0.15) is 0 Å². The van der Waals surface area contributed by atoms with Crippen LogP contribution in [0.5, 0.6) is 0 Å². The van der Waals surface area contributed by atoms with Crippen LogP contribution in [0.2, 0.25) is 0 Å². The van der Waals surface area contributed by atoms with Gasteiger partial charge in [0.05, 0.1) is 29.1 Å². The van der Waals surface area contributed by atoms with Crippen LogP contribution >= 0.6 is 0 Å². The summed E-state index contributed by atoms with van der Waals surface area (Å²) in [6, 6.07) is 14.4. The van der Waals surface area contributed by atoms with Crippen LogP contribution in [0, 0.1) is 0 Å². The minimum absolute atomic E-state index is 0.271. The average Bonchev–Trinajstić information content (AvgIpc) is 3.06. The van der Waals surface area contributed by atoms with Gasteiger partial charge in [0.15, 0.2) is 0 Å². The van der Waals surface area contributed by atoms with E-state index in [1.54, 1.807) is 18.3 Å². The molecule has 1 saturated heterocycles. The number of cyclic esters (lactones) is 1. The van der Waals surface area contributed by atoms with E-state index in [0.29, 0.717) is 34.3 Å². The first-order chi connectivity index (χ1) is 12.2. The first-order valence-corrected chi connectivity index (χ1v) is 7.91. The predicted octanol–water partition coefficient (Wildman–Crippen LogP) is 2.77. The number of fused-ring (bicyclic) bond motifs is 1. The van der Waals surface area contributed by atoms with Gasteiger partial charge in [-0.1, -0.05) is 24.3 Å². The number of nitrogens with zero attached hydrogens (tertiary/aromatic N) is 2. The highest BCUT2D eigenvalue weighted by Gasteiger charge is 2.31. The Morgan fingerprint density at radius 3 is 2.72 bits per heavy atom. The van der Waals surface area contributed by atoms with Crippen LogP contribution in [0.1, 0.15) is 16.8 Å². The first-order valence-electron chi connectivity index (χ1n) is 7.91. The molecule has 1 fully saturated rings. The van der Waals surface area contributed by atoms with Crippen molar-refractivity contribution in [3.05, 3.63) is 60.3 Å². The molecular weight excluding hydrogens is 320 g/mol. The molecule has 1 aliphatic heterocycles. The minimum Gasteiger partial charge on any atom is -0.463 e. The maximum atomic E-state index is 12.7. The second-order valence-electron chi connectivity index (χ2n) is 5.64. The largest absolute Gasteiger partial charge is 0.463 e. The molecule has 6 heteroatoms. The Bertz CT molecular complexity index is 956. The topological polar surface area (TPSA) is 78.4 Å². The van der Waals surface area contributed by atoms with Crippen molar-refractivity contribution in [2.45, 2.75) is 12.5 Å². The number of carbonyl (C=O) groups excluding carboxylic acids is 2. The number of hydrogen-bond acceptors (Lipinski definition) is 6. The smallest absolute Gasteiger partial charge is 0.347 e. The molecule has 3 heterocycles. The predicted molar refractivity (Wildman–Crippen MR) is 89.8 cm³/mol. The fourth-order valence-electron chi connectivity index (χ4n) is 2.77. The second kappa shape index (κ2) is 6.32. The minimum atomic E-state index is -0.849. The molecule has 1 atom stereocenters. The number of ether oxygens (including phenoxy) is 2. The third kappa shape index (κ3) is 2.94. The lowest BCUT2D eigenvalue weighted by atomic mass is 10.1. The lowest BCUT2D eigenvalue weighted by molar-refractivity contribution is -0.145. The van der Waals surface area contributed by atoms with E-state index in [9.17, 15) is 9.59 Å². The number of carbonyl (C=O) groups is 2. The molecule has 0 amide bonds. The Kier molecular flexibility index (Phi) is 3.85. The third-order valence-electron chi connectivity index (χ3n) is 4.00. The van der Waals surface area contributed by atoms with Crippen molar-refractivity contribution >= 4 is 22.8 Å². The average molecular weight is 334 g/mol. The van der Waals surface area contributed by atoms with Crippen LogP contribution < -0.4 is 0 Å². The molecule has 0 aliphatic carbocycles. The summed E-state index contributed by atoms with van der Waals surface area (Å²) in [5.74, 6) is -1.07. The molecule has 0 radical (unpaired) electrons. The molecule has 4 rings (SSSR count). The molecule has 3 aromatic rings. The zero-order valence-corrected chi connectivity index (χ0v) is 13.2. The second-order valence-corrected chi connectivity index (χ2v) is 5.64. The molecule has 1 unspecified atom stereocenters. The van der Waals surface area contributed by atoms with Gasteiger partial charge in [-0.15, -0.1) is 0 Å². The molecule has 124 valence electrons. The Balaban J connectivity index is 1.78. The van der Waals surface area contributed by atoms with Crippen LogP contribution in [0.3, 0.4) is 0 Å². The molecule has 1 aliphatic rings. The van der Waals surface area contributed by atoms with Crippen LogP contribution in [0.15, 0.2) is 54.7 Å². The molecule has 0 bridgehead atoms. The van der Waals surface area contributed by atoms with Crippen LogP contribution in [-0.4, -0.2) is 34.6 Å². The zero-order valence-electron chi connectivity index (χ0n) is 13.2. The van der Waals surface area contributed by atoms with Crippen LogP contribution in [0.4, 0.5) is 0 Å². The van der Waals surface area contributed by atoms with Crippen LogP contribution in [0.25, 0.3) is 22.3 Å². The number of pyridine rings is 2. The van der Waals surface area contributed by atoms with Gasteiger partial charge in [0.25, 0.3) is 0 Å². The Morgan fingerprint density at radius 1 is 1.12 bits per heavy atom. The molecule has 0 N–H and O–H groups in total. The summed E-state index contributed by atoms with van der Waals surface area (Å²) in [7, 11) is 0. The van der Waals surface area contributed by atoms with E-state index >= 15 is 0 Å². The maximum Gasteiger partial charge on any atom is 0.347 e. The van der Waals surface area contributed by atoms with Gasteiger partial charge >= 0.3 is 11.9 Å². The van der Waals surface area contributed by atoms with Gasteiger partial charge < -0.3 is 9.47 Å². The van der Waals surface area contributed by atoms with Crippen molar-refractivity contribution in [3.8, 4) is 11.4 Å². The highest BCUT2D eigenvalue weighted by molar-refractivity contribution is 6.05. The number of rotatable bonds is 3. The van der Waals surface area contributed by atoms with Crippen molar-refractivity contribution in [1.29, 1.82) is 0 Å². The van der Waals surface area contributed by atoms with Gasteiger partial charge in [-0.05, 0) is 24.3 Å². The van der Waals surface area contributed by atoms with Gasteiger partial charge in [-0.25, -0.2) is 14.6 Å². The third-order valence-corrected chi connectivity index (χ3v) is 4.00. The van der Waals surface area contributed by atoms with Crippen molar-refractivity contribution in [3.63, 3.8) is 0 Å². The standard InChI is InChI=1S/C19H14N2O4/c22-18(25-17-8-10-24-19(17)23)13-11-16(15-7-3-4-9-20-15)21-14-6-2-1-5-12(13)14/h1-7,9,11,17H,8,10H2. The molecule has 2 aromatic heterocycles. The quantitative estimate of drug-likeness (QED) is 0.685. The van der Waals surface area contributed by atoms with E-state index in [4.69, 9.17) is 9.47 Å². The van der Waals surface area contributed by atoms with Crippen molar-refractivity contribution < 1.29 is 19.1 Å². The monoisotopic (exact) mass is 334 g/mol. The Labute approximate surface area is 143 Å². The van der Waals surface area contributed by atoms with E-state index in [-0.39, 0.29) is 6.61 Å². The van der Waals surface area contributed by atoms with E-state index in [0.717, 1.165) is 0 Å². The zero-order chi connectivity index (χ0) is 17.2. The fourth-order valence-corrected chi connectivity index (χ4v) is 2.77. The summed E-state index contributed by atoms with van der Waals surface area (Å²) in [5.41, 5.74) is 2.24. The SMILES string of the molecule is O=C(OC1CCOC1=O)c1cc(-c2ccccn2)nc2ccccc12. The summed E-state index contributed by atoms with van der Waals surface area (Å²) < 4.78 is 10.2. The summed E-state index contributed by atoms with van der Waals surface area (Å²) in [5, 5.41) is 0.665. The maximum absolute atomic E-state index is 12.7. The molecular formula is C19H14N2O4. The van der Waals surface area contributed by atoms with Gasteiger partial charge in [-0.3, -0.25) is 4.98 Å². The Hall–Kier alpha value is -3.28. The van der Waals surface area contributed by atoms with E-state index < -0.39 is 18.0 Å². The first kappa shape index (κ1) is 15.3. The van der Waals surface area contributed by atoms with Gasteiger partial charge in [0.2, 0.25) is 6.10 Å². The number of esters is 2. The van der Waals surface area contributed by atoms with Crippen LogP contribution in [-0.2, 0) is 14.3 Å². The fraction of sp³-hybridized carbons (Fsp3) is 0.158. The number of benzene rings is 1. The lowest BCUT2D eigenvalue weighted by Crippen LogP contribution is -2.23. The number of para-hydroxylation sites is 1. The normalized spacial score (nSPS) is 16.6. The number of hydrogen-bond donors (Lipinski definition) is 0. The summed E-state index contributed by atoms with van der Waals surface area (Å²) >= 11 is 0. The summed E-state index contributed by atoms with van der Waals surface area (Å²) in [6.07, 6.45) is 1.19. The molecule has 25 heavy (non-hydrogen) atoms. The van der Waals surface area contributed by atoms with Gasteiger partial charge in [-0.2, -0.15) is 0 Å². The summed E-state index contributed by atoms with van der Waals surface area (Å²) in [6.45, 7) is 0.271. The van der Waals surface area contributed by atoms with Gasteiger partial charge in [0, 0.05) is 18.0 Å². The summed E-state index contributed by atoms with van der Waals surface area (Å²) in [4.78, 5) is 33.1. The van der Waals surface area contributed by atoms with E-state index in [1.807, 2.05) is 36.4 Å². The number of aromatic nitrogens is 2. The highest BCUT2D eigenvalue weighted by atomic mass is 16.6. The molecule has 0 saturated carbocycles. The van der Waals surface area contributed by atoms with E-state index in [2.05, 4.69) is 9.97 Å². The van der Waals surface area contributed by atoms with Crippen molar-refractivity contribution in [2.75, 3.05) is 6.61 Å². The van der Waals surface area contributed by atoms with Crippen molar-refractivity contribution in [2.24, 2.45) is 0 Å². The molecule has 0 spiro atoms. The molecule has 1 aromatic carbocycles. The Morgan fingerprint density at radius 2 is 1.96 bits per heavy atom. The van der Waals surface area contributed by atoms with E-state index in [1.165, 1.54) is 0 Å². The highest BCUT2D eigenvalue weighted by Crippen LogP contribution is 2.25. The van der Waals surface area contributed by atoms with Crippen molar-refractivity contribution in [1.82, 2.24) is 9.97 Å².